The molecule has 0 saturated carbocycles. The molecule has 4 nitrogen and oxygen atoms in total. The van der Waals surface area contributed by atoms with Crippen molar-refractivity contribution in [1.29, 1.82) is 0 Å². The summed E-state index contributed by atoms with van der Waals surface area (Å²) in [6.45, 7) is 2.49. The zero-order valence-corrected chi connectivity index (χ0v) is 13.7. The number of aliphatic hydroxyl groups is 1. The predicted octanol–water partition coefficient (Wildman–Crippen LogP) is 4.15. The molecule has 4 heteroatoms. The number of hydrogen-bond donors (Lipinski definition) is 1. The summed E-state index contributed by atoms with van der Waals surface area (Å²) in [5, 5.41) is 8.86. The summed E-state index contributed by atoms with van der Waals surface area (Å²) in [6, 6.07) is 17.8. The average Bonchev–Trinajstić information content (AvgIpc) is 3.01. The predicted molar refractivity (Wildman–Crippen MR) is 92.9 cm³/mol. The SMILES string of the molecule is Cc1oc(-c2ccccc2)nc1COc1ccc(CCCO)cc1. The number of aliphatic hydroxyl groups excluding tert-OH is 1. The number of hydrogen-bond acceptors (Lipinski definition) is 4. The molecule has 1 heterocycles. The maximum atomic E-state index is 8.86. The van der Waals surface area contributed by atoms with Crippen molar-refractivity contribution in [3.05, 3.63) is 71.6 Å². The molecule has 0 radical (unpaired) electrons. The van der Waals surface area contributed by atoms with Crippen LogP contribution in [0.3, 0.4) is 0 Å². The molecule has 0 aliphatic heterocycles. The maximum Gasteiger partial charge on any atom is 0.226 e. The van der Waals surface area contributed by atoms with Crippen LogP contribution in [-0.2, 0) is 13.0 Å². The van der Waals surface area contributed by atoms with Crippen molar-refractivity contribution in [1.82, 2.24) is 4.98 Å². The molecule has 1 N–H and O–H groups in total. The number of nitrogens with zero attached hydrogens (tertiary/aromatic N) is 1. The van der Waals surface area contributed by atoms with Gasteiger partial charge in [-0.1, -0.05) is 30.3 Å². The molecule has 0 aliphatic rings. The van der Waals surface area contributed by atoms with Crippen molar-refractivity contribution in [2.24, 2.45) is 0 Å². The maximum absolute atomic E-state index is 8.86. The second-order valence-corrected chi connectivity index (χ2v) is 5.65. The molecule has 0 atom stereocenters. The molecule has 0 amide bonds. The number of aryl methyl sites for hydroxylation is 2. The van der Waals surface area contributed by atoms with Crippen LogP contribution in [0.2, 0.25) is 0 Å². The Kier molecular flexibility index (Phi) is 5.29. The molecule has 0 aliphatic carbocycles. The van der Waals surface area contributed by atoms with E-state index in [4.69, 9.17) is 14.3 Å². The van der Waals surface area contributed by atoms with E-state index in [-0.39, 0.29) is 6.61 Å². The third-order valence-electron chi connectivity index (χ3n) is 3.84. The van der Waals surface area contributed by atoms with Gasteiger partial charge >= 0.3 is 0 Å². The Morgan fingerprint density at radius 3 is 2.50 bits per heavy atom. The van der Waals surface area contributed by atoms with Gasteiger partial charge in [0.1, 0.15) is 23.8 Å². The Labute approximate surface area is 141 Å². The first kappa shape index (κ1) is 16.3. The average molecular weight is 323 g/mol. The lowest BCUT2D eigenvalue weighted by molar-refractivity contribution is 0.288. The minimum atomic E-state index is 0.216. The van der Waals surface area contributed by atoms with E-state index in [9.17, 15) is 0 Å². The molecular formula is C20H21NO3. The topological polar surface area (TPSA) is 55.5 Å². The molecule has 2 aromatic carbocycles. The Morgan fingerprint density at radius 1 is 1.04 bits per heavy atom. The van der Waals surface area contributed by atoms with Crippen molar-refractivity contribution >= 4 is 0 Å². The van der Waals surface area contributed by atoms with Gasteiger partial charge in [0, 0.05) is 12.2 Å². The third-order valence-corrected chi connectivity index (χ3v) is 3.84. The van der Waals surface area contributed by atoms with Gasteiger partial charge in [-0.3, -0.25) is 0 Å². The van der Waals surface area contributed by atoms with E-state index in [1.54, 1.807) is 0 Å². The van der Waals surface area contributed by atoms with Gasteiger partial charge in [0.2, 0.25) is 5.89 Å². The van der Waals surface area contributed by atoms with Crippen LogP contribution in [0, 0.1) is 6.92 Å². The molecule has 0 fully saturated rings. The van der Waals surface area contributed by atoms with Gasteiger partial charge in [-0.05, 0) is 49.6 Å². The molecular weight excluding hydrogens is 302 g/mol. The first-order valence-electron chi connectivity index (χ1n) is 8.10. The van der Waals surface area contributed by atoms with Crippen molar-refractivity contribution in [2.45, 2.75) is 26.4 Å². The van der Waals surface area contributed by atoms with Crippen LogP contribution in [-0.4, -0.2) is 16.7 Å². The number of aromatic nitrogens is 1. The van der Waals surface area contributed by atoms with Crippen molar-refractivity contribution < 1.29 is 14.3 Å². The van der Waals surface area contributed by atoms with Gasteiger partial charge in [-0.15, -0.1) is 0 Å². The number of oxazole rings is 1. The first-order chi connectivity index (χ1) is 11.8. The minimum absolute atomic E-state index is 0.216. The molecule has 0 spiro atoms. The van der Waals surface area contributed by atoms with Gasteiger partial charge in [-0.2, -0.15) is 0 Å². The zero-order valence-electron chi connectivity index (χ0n) is 13.7. The fraction of sp³-hybridized carbons (Fsp3) is 0.250. The Hall–Kier alpha value is -2.59. The highest BCUT2D eigenvalue weighted by atomic mass is 16.5. The Balaban J connectivity index is 1.63. The molecule has 3 aromatic rings. The highest BCUT2D eigenvalue weighted by Crippen LogP contribution is 2.22. The molecule has 1 aromatic heterocycles. The van der Waals surface area contributed by atoms with E-state index in [1.165, 1.54) is 5.56 Å². The highest BCUT2D eigenvalue weighted by molar-refractivity contribution is 5.53. The smallest absolute Gasteiger partial charge is 0.226 e. The van der Waals surface area contributed by atoms with Gasteiger partial charge in [0.05, 0.1) is 0 Å². The second kappa shape index (κ2) is 7.79. The van der Waals surface area contributed by atoms with E-state index in [0.717, 1.165) is 35.6 Å². The van der Waals surface area contributed by atoms with Crippen LogP contribution in [0.15, 0.2) is 59.0 Å². The van der Waals surface area contributed by atoms with Crippen molar-refractivity contribution in [3.8, 4) is 17.2 Å². The van der Waals surface area contributed by atoms with Crippen LogP contribution in [0.25, 0.3) is 11.5 Å². The van der Waals surface area contributed by atoms with Gasteiger partial charge in [0.15, 0.2) is 0 Å². The number of benzene rings is 2. The van der Waals surface area contributed by atoms with Crippen LogP contribution in [0.5, 0.6) is 5.75 Å². The largest absolute Gasteiger partial charge is 0.487 e. The standard InChI is InChI=1S/C20H21NO3/c1-15-19(21-20(24-15)17-7-3-2-4-8-17)14-23-18-11-9-16(10-12-18)6-5-13-22/h2-4,7-12,22H,5-6,13-14H2,1H3. The zero-order chi connectivity index (χ0) is 16.8. The normalized spacial score (nSPS) is 10.8. The summed E-state index contributed by atoms with van der Waals surface area (Å²) in [6.07, 6.45) is 1.65. The lowest BCUT2D eigenvalue weighted by Gasteiger charge is -2.06. The fourth-order valence-electron chi connectivity index (χ4n) is 2.45. The van der Waals surface area contributed by atoms with E-state index in [1.807, 2.05) is 61.5 Å². The summed E-state index contributed by atoms with van der Waals surface area (Å²) >= 11 is 0. The number of ether oxygens (including phenoxy) is 1. The Morgan fingerprint density at radius 2 is 1.79 bits per heavy atom. The molecule has 0 bridgehead atoms. The highest BCUT2D eigenvalue weighted by Gasteiger charge is 2.11. The van der Waals surface area contributed by atoms with E-state index in [2.05, 4.69) is 4.98 Å². The summed E-state index contributed by atoms with van der Waals surface area (Å²) in [5.41, 5.74) is 2.96. The Bertz CT molecular complexity index is 763. The molecule has 0 saturated heterocycles. The quantitative estimate of drug-likeness (QED) is 0.709. The van der Waals surface area contributed by atoms with Crippen molar-refractivity contribution in [3.63, 3.8) is 0 Å². The molecule has 124 valence electrons. The molecule has 24 heavy (non-hydrogen) atoms. The van der Waals surface area contributed by atoms with Gasteiger partial charge in [-0.25, -0.2) is 4.98 Å². The summed E-state index contributed by atoms with van der Waals surface area (Å²) in [4.78, 5) is 4.53. The summed E-state index contributed by atoms with van der Waals surface area (Å²) in [5.74, 6) is 2.19. The number of rotatable bonds is 7. The van der Waals surface area contributed by atoms with Crippen LogP contribution in [0.4, 0.5) is 0 Å². The lowest BCUT2D eigenvalue weighted by atomic mass is 10.1. The molecule has 0 unspecified atom stereocenters. The summed E-state index contributed by atoms with van der Waals surface area (Å²) in [7, 11) is 0. The van der Waals surface area contributed by atoms with E-state index < -0.39 is 0 Å². The van der Waals surface area contributed by atoms with Crippen LogP contribution in [0.1, 0.15) is 23.4 Å². The van der Waals surface area contributed by atoms with Gasteiger partial charge < -0.3 is 14.3 Å². The third kappa shape index (κ3) is 4.03. The monoisotopic (exact) mass is 323 g/mol. The van der Waals surface area contributed by atoms with Crippen LogP contribution < -0.4 is 4.74 Å². The summed E-state index contributed by atoms with van der Waals surface area (Å²) < 4.78 is 11.5. The van der Waals surface area contributed by atoms with E-state index >= 15 is 0 Å². The fourth-order valence-corrected chi connectivity index (χ4v) is 2.45. The van der Waals surface area contributed by atoms with Crippen molar-refractivity contribution in [2.75, 3.05) is 6.61 Å². The van der Waals surface area contributed by atoms with Gasteiger partial charge in [0.25, 0.3) is 0 Å². The lowest BCUT2D eigenvalue weighted by Crippen LogP contribution is -1.98. The second-order valence-electron chi connectivity index (χ2n) is 5.65. The minimum Gasteiger partial charge on any atom is -0.487 e. The van der Waals surface area contributed by atoms with Crippen LogP contribution >= 0.6 is 0 Å². The molecule has 3 rings (SSSR count). The van der Waals surface area contributed by atoms with E-state index in [0.29, 0.717) is 12.5 Å². The first-order valence-corrected chi connectivity index (χ1v) is 8.10.